The molecule has 0 fully saturated rings. The molecule has 2 rings (SSSR count). The van der Waals surface area contributed by atoms with Gasteiger partial charge in [-0.2, -0.15) is 5.26 Å². The molecule has 1 aromatic heterocycles. The lowest BCUT2D eigenvalue weighted by molar-refractivity contribution is 0.630. The van der Waals surface area contributed by atoms with Crippen LogP contribution in [0, 0.1) is 17.1 Å². The number of nitrogens with zero attached hydrogens (tertiary/aromatic N) is 2. The van der Waals surface area contributed by atoms with Crippen LogP contribution >= 0.6 is 27.5 Å². The highest BCUT2D eigenvalue weighted by molar-refractivity contribution is 9.10. The van der Waals surface area contributed by atoms with Crippen molar-refractivity contribution in [1.29, 1.82) is 5.26 Å². The number of pyridine rings is 1. The average molecular weight is 286 g/mol. The third kappa shape index (κ3) is 1.69. The van der Waals surface area contributed by atoms with Gasteiger partial charge in [-0.3, -0.25) is 0 Å². The average Bonchev–Trinajstić information content (AvgIpc) is 2.24. The maximum atomic E-state index is 13.6. The Kier molecular flexibility index (Phi) is 2.59. The van der Waals surface area contributed by atoms with Gasteiger partial charge >= 0.3 is 0 Å². The molecule has 0 spiro atoms. The predicted octanol–water partition coefficient (Wildman–Crippen LogP) is 3.66. The summed E-state index contributed by atoms with van der Waals surface area (Å²) in [5, 5.41) is 9.29. The Labute approximate surface area is 98.4 Å². The third-order valence-electron chi connectivity index (χ3n) is 1.95. The summed E-state index contributed by atoms with van der Waals surface area (Å²) < 4.78 is 13.9. The first kappa shape index (κ1) is 10.3. The summed E-state index contributed by atoms with van der Waals surface area (Å²) in [5.74, 6) is -0.473. The third-order valence-corrected chi connectivity index (χ3v) is 2.85. The molecule has 0 aliphatic carbocycles. The van der Waals surface area contributed by atoms with Gasteiger partial charge in [0.25, 0.3) is 0 Å². The van der Waals surface area contributed by atoms with Crippen molar-refractivity contribution in [2.45, 2.75) is 0 Å². The van der Waals surface area contributed by atoms with Crippen LogP contribution in [0.25, 0.3) is 10.9 Å². The van der Waals surface area contributed by atoms with E-state index in [0.717, 1.165) is 0 Å². The number of halogens is 3. The number of benzene rings is 1. The zero-order chi connectivity index (χ0) is 11.0. The van der Waals surface area contributed by atoms with E-state index in [9.17, 15) is 4.39 Å². The molecular formula is C10H3BrClFN2. The topological polar surface area (TPSA) is 36.7 Å². The predicted molar refractivity (Wildman–Crippen MR) is 59.1 cm³/mol. The zero-order valence-electron chi connectivity index (χ0n) is 7.26. The second-order valence-corrected chi connectivity index (χ2v) is 4.08. The first-order valence-electron chi connectivity index (χ1n) is 3.98. The van der Waals surface area contributed by atoms with Crippen molar-refractivity contribution >= 4 is 38.4 Å². The minimum absolute atomic E-state index is 0.0157. The van der Waals surface area contributed by atoms with E-state index in [1.165, 1.54) is 6.07 Å². The Morgan fingerprint density at radius 3 is 2.87 bits per heavy atom. The molecule has 0 amide bonds. The van der Waals surface area contributed by atoms with Crippen molar-refractivity contribution in [3.8, 4) is 6.07 Å². The van der Waals surface area contributed by atoms with Crippen LogP contribution in [0.4, 0.5) is 4.39 Å². The minimum atomic E-state index is -0.473. The Balaban J connectivity index is 2.89. The van der Waals surface area contributed by atoms with Crippen LogP contribution < -0.4 is 0 Å². The summed E-state index contributed by atoms with van der Waals surface area (Å²) in [7, 11) is 0. The molecule has 0 saturated carbocycles. The summed E-state index contributed by atoms with van der Waals surface area (Å²) in [6.07, 6.45) is 0. The summed E-state index contributed by atoms with van der Waals surface area (Å²) in [5.41, 5.74) is 0.402. The summed E-state index contributed by atoms with van der Waals surface area (Å²) >= 11 is 8.77. The molecule has 74 valence electrons. The molecule has 15 heavy (non-hydrogen) atoms. The first-order chi connectivity index (χ1) is 7.13. The molecule has 2 aromatic rings. The van der Waals surface area contributed by atoms with Crippen LogP contribution in [0.5, 0.6) is 0 Å². The molecule has 0 unspecified atom stereocenters. The lowest BCUT2D eigenvalue weighted by Crippen LogP contribution is -1.89. The van der Waals surface area contributed by atoms with Gasteiger partial charge in [0.2, 0.25) is 0 Å². The van der Waals surface area contributed by atoms with Crippen LogP contribution in [-0.2, 0) is 0 Å². The van der Waals surface area contributed by atoms with Gasteiger partial charge in [-0.1, -0.05) is 17.7 Å². The minimum Gasteiger partial charge on any atom is -0.232 e. The van der Waals surface area contributed by atoms with Gasteiger partial charge in [0.15, 0.2) is 5.82 Å². The summed E-state index contributed by atoms with van der Waals surface area (Å²) in [6.45, 7) is 0. The van der Waals surface area contributed by atoms with Crippen molar-refractivity contribution < 1.29 is 4.39 Å². The van der Waals surface area contributed by atoms with Crippen LogP contribution in [0.1, 0.15) is 5.56 Å². The number of fused-ring (bicyclic) bond motifs is 1. The Morgan fingerprint density at radius 2 is 2.20 bits per heavy atom. The maximum Gasteiger partial charge on any atom is 0.163 e. The highest BCUT2D eigenvalue weighted by Gasteiger charge is 2.10. The van der Waals surface area contributed by atoms with Gasteiger partial charge < -0.3 is 0 Å². The van der Waals surface area contributed by atoms with Crippen LogP contribution in [-0.4, -0.2) is 4.98 Å². The molecule has 0 aliphatic rings. The van der Waals surface area contributed by atoms with Gasteiger partial charge in [-0.15, -0.1) is 0 Å². The fourth-order valence-electron chi connectivity index (χ4n) is 1.24. The van der Waals surface area contributed by atoms with Crippen molar-refractivity contribution in [2.24, 2.45) is 0 Å². The molecule has 0 saturated heterocycles. The SMILES string of the molecule is N#Cc1cc2ccc(Br)c(F)c2nc1Cl. The van der Waals surface area contributed by atoms with Crippen LogP contribution in [0.2, 0.25) is 5.15 Å². The van der Waals surface area contributed by atoms with Gasteiger partial charge in [0.1, 0.15) is 16.7 Å². The largest absolute Gasteiger partial charge is 0.232 e. The molecule has 1 aromatic carbocycles. The van der Waals surface area contributed by atoms with E-state index in [1.54, 1.807) is 12.1 Å². The monoisotopic (exact) mass is 284 g/mol. The standard InChI is InChI=1S/C10H3BrClFN2/c11-7-2-1-5-3-6(4-14)10(12)15-9(5)8(7)13/h1-3H. The van der Waals surface area contributed by atoms with Crippen molar-refractivity contribution in [1.82, 2.24) is 4.98 Å². The van der Waals surface area contributed by atoms with E-state index in [4.69, 9.17) is 16.9 Å². The van der Waals surface area contributed by atoms with Gasteiger partial charge in [0, 0.05) is 5.39 Å². The van der Waals surface area contributed by atoms with Crippen LogP contribution in [0.15, 0.2) is 22.7 Å². The quantitative estimate of drug-likeness (QED) is 0.693. The Bertz CT molecular complexity index is 592. The van der Waals surface area contributed by atoms with Gasteiger partial charge in [-0.05, 0) is 28.1 Å². The molecule has 0 aliphatic heterocycles. The van der Waals surface area contributed by atoms with E-state index >= 15 is 0 Å². The molecule has 0 bridgehead atoms. The smallest absolute Gasteiger partial charge is 0.163 e. The normalized spacial score (nSPS) is 10.3. The second-order valence-electron chi connectivity index (χ2n) is 2.87. The number of rotatable bonds is 0. The first-order valence-corrected chi connectivity index (χ1v) is 5.15. The Morgan fingerprint density at radius 1 is 1.47 bits per heavy atom. The molecule has 2 nitrogen and oxygen atoms in total. The van der Waals surface area contributed by atoms with E-state index < -0.39 is 5.82 Å². The number of hydrogen-bond acceptors (Lipinski definition) is 2. The van der Waals surface area contributed by atoms with E-state index in [-0.39, 0.29) is 16.2 Å². The zero-order valence-corrected chi connectivity index (χ0v) is 9.60. The van der Waals surface area contributed by atoms with E-state index in [0.29, 0.717) is 9.86 Å². The fraction of sp³-hybridized carbons (Fsp3) is 0. The molecule has 0 N–H and O–H groups in total. The highest BCUT2D eigenvalue weighted by atomic mass is 79.9. The summed E-state index contributed by atoms with van der Waals surface area (Å²) in [6, 6.07) is 6.64. The molecule has 0 radical (unpaired) electrons. The van der Waals surface area contributed by atoms with E-state index in [1.807, 2.05) is 6.07 Å². The number of nitriles is 1. The number of aromatic nitrogens is 1. The lowest BCUT2D eigenvalue weighted by atomic mass is 10.1. The molecule has 1 heterocycles. The molecule has 5 heteroatoms. The fourth-order valence-corrected chi connectivity index (χ4v) is 1.74. The lowest BCUT2D eigenvalue weighted by Gasteiger charge is -2.02. The molecular weight excluding hydrogens is 282 g/mol. The van der Waals surface area contributed by atoms with Crippen molar-refractivity contribution in [3.63, 3.8) is 0 Å². The van der Waals surface area contributed by atoms with Gasteiger partial charge in [0.05, 0.1) is 10.0 Å². The summed E-state index contributed by atoms with van der Waals surface area (Å²) in [4.78, 5) is 3.84. The van der Waals surface area contributed by atoms with E-state index in [2.05, 4.69) is 20.9 Å². The van der Waals surface area contributed by atoms with Gasteiger partial charge in [-0.25, -0.2) is 9.37 Å². The highest BCUT2D eigenvalue weighted by Crippen LogP contribution is 2.26. The van der Waals surface area contributed by atoms with Crippen molar-refractivity contribution in [3.05, 3.63) is 39.2 Å². The number of hydrogen-bond donors (Lipinski definition) is 0. The second kappa shape index (κ2) is 3.76. The molecule has 0 atom stereocenters. The maximum absolute atomic E-state index is 13.6. The Hall–Kier alpha value is -1.18. The van der Waals surface area contributed by atoms with Crippen molar-refractivity contribution in [2.75, 3.05) is 0 Å². The van der Waals surface area contributed by atoms with Crippen LogP contribution in [0.3, 0.4) is 0 Å².